The molecule has 1 saturated carbocycles. The number of aliphatic carboxylic acids is 1. The van der Waals surface area contributed by atoms with Gasteiger partial charge >= 0.3 is 5.97 Å². The number of carbonyl (C=O) groups excluding carboxylic acids is 2. The predicted octanol–water partition coefficient (Wildman–Crippen LogP) is -0.776. The fourth-order valence-electron chi connectivity index (χ4n) is 2.99. The number of amides is 2. The van der Waals surface area contributed by atoms with Gasteiger partial charge in [-0.2, -0.15) is 0 Å². The molecule has 2 aliphatic rings. The van der Waals surface area contributed by atoms with Crippen molar-refractivity contribution in [1.29, 1.82) is 0 Å². The SMILES string of the molecule is CC1CCCC(NC(=O)C2CNC(=O)CN2)(C(=O)O)C1. The van der Waals surface area contributed by atoms with E-state index in [1.54, 1.807) is 0 Å². The summed E-state index contributed by atoms with van der Waals surface area (Å²) in [7, 11) is 0. The van der Waals surface area contributed by atoms with E-state index in [1.165, 1.54) is 0 Å². The van der Waals surface area contributed by atoms with Crippen molar-refractivity contribution in [2.75, 3.05) is 13.1 Å². The van der Waals surface area contributed by atoms with E-state index in [-0.39, 0.29) is 30.8 Å². The van der Waals surface area contributed by atoms with Gasteiger partial charge in [-0.05, 0) is 18.8 Å². The molecule has 0 bridgehead atoms. The van der Waals surface area contributed by atoms with Gasteiger partial charge in [0, 0.05) is 6.54 Å². The zero-order chi connectivity index (χ0) is 14.8. The van der Waals surface area contributed by atoms with Gasteiger partial charge in [-0.15, -0.1) is 0 Å². The molecule has 2 amide bonds. The number of piperazine rings is 1. The number of carboxylic acid groups (broad SMARTS) is 1. The molecule has 2 fully saturated rings. The first kappa shape index (κ1) is 14.8. The lowest BCUT2D eigenvalue weighted by molar-refractivity contribution is -0.150. The Bertz CT molecular complexity index is 416. The van der Waals surface area contributed by atoms with Crippen molar-refractivity contribution in [1.82, 2.24) is 16.0 Å². The van der Waals surface area contributed by atoms with Crippen molar-refractivity contribution in [3.8, 4) is 0 Å². The minimum Gasteiger partial charge on any atom is -0.480 e. The quantitative estimate of drug-likeness (QED) is 0.544. The molecule has 0 radical (unpaired) electrons. The zero-order valence-corrected chi connectivity index (χ0v) is 11.6. The highest BCUT2D eigenvalue weighted by atomic mass is 16.4. The molecule has 1 aliphatic carbocycles. The summed E-state index contributed by atoms with van der Waals surface area (Å²) in [4.78, 5) is 34.8. The first-order valence-corrected chi connectivity index (χ1v) is 6.98. The molecule has 2 rings (SSSR count). The minimum atomic E-state index is -1.17. The van der Waals surface area contributed by atoms with Gasteiger partial charge in [0.1, 0.15) is 11.6 Å². The van der Waals surface area contributed by atoms with E-state index in [4.69, 9.17) is 0 Å². The van der Waals surface area contributed by atoms with Crippen molar-refractivity contribution in [3.05, 3.63) is 0 Å². The minimum absolute atomic E-state index is 0.0779. The summed E-state index contributed by atoms with van der Waals surface area (Å²) in [5.41, 5.74) is -1.17. The van der Waals surface area contributed by atoms with E-state index in [0.717, 1.165) is 12.8 Å². The van der Waals surface area contributed by atoms with Crippen LogP contribution in [0.1, 0.15) is 32.6 Å². The number of nitrogens with one attached hydrogen (secondary N) is 3. The van der Waals surface area contributed by atoms with Gasteiger partial charge < -0.3 is 15.7 Å². The Morgan fingerprint density at radius 2 is 2.20 bits per heavy atom. The second kappa shape index (κ2) is 5.78. The maximum absolute atomic E-state index is 12.2. The van der Waals surface area contributed by atoms with Crippen molar-refractivity contribution >= 4 is 17.8 Å². The van der Waals surface area contributed by atoms with Crippen molar-refractivity contribution < 1.29 is 19.5 Å². The third-order valence-electron chi connectivity index (χ3n) is 4.10. The van der Waals surface area contributed by atoms with Crippen LogP contribution in [0.15, 0.2) is 0 Å². The summed E-state index contributed by atoms with van der Waals surface area (Å²) >= 11 is 0. The molecule has 1 aliphatic heterocycles. The summed E-state index contributed by atoms with van der Waals surface area (Å²) in [5.74, 6) is -1.22. The molecule has 7 heteroatoms. The number of hydrogen-bond acceptors (Lipinski definition) is 4. The Hall–Kier alpha value is -1.63. The first-order valence-electron chi connectivity index (χ1n) is 6.98. The van der Waals surface area contributed by atoms with Crippen LogP contribution < -0.4 is 16.0 Å². The van der Waals surface area contributed by atoms with Crippen LogP contribution in [0.25, 0.3) is 0 Å². The Balaban J connectivity index is 2.02. The zero-order valence-electron chi connectivity index (χ0n) is 11.6. The smallest absolute Gasteiger partial charge is 0.329 e. The molecule has 0 aromatic carbocycles. The molecule has 4 N–H and O–H groups in total. The fourth-order valence-corrected chi connectivity index (χ4v) is 2.99. The molecule has 3 unspecified atom stereocenters. The maximum atomic E-state index is 12.2. The van der Waals surface area contributed by atoms with Crippen LogP contribution in [0.3, 0.4) is 0 Å². The average Bonchev–Trinajstić information content (AvgIpc) is 2.39. The van der Waals surface area contributed by atoms with Gasteiger partial charge in [0.05, 0.1) is 6.54 Å². The molecular formula is C13H21N3O4. The topological polar surface area (TPSA) is 108 Å². The third kappa shape index (κ3) is 3.09. The van der Waals surface area contributed by atoms with Crippen LogP contribution in [0, 0.1) is 5.92 Å². The highest BCUT2D eigenvalue weighted by molar-refractivity contribution is 5.91. The van der Waals surface area contributed by atoms with Gasteiger partial charge in [0.2, 0.25) is 11.8 Å². The lowest BCUT2D eigenvalue weighted by Crippen LogP contribution is -2.64. The van der Waals surface area contributed by atoms with Gasteiger partial charge in [-0.25, -0.2) is 4.79 Å². The number of carbonyl (C=O) groups is 3. The second-order valence-corrected chi connectivity index (χ2v) is 5.82. The molecule has 112 valence electrons. The molecular weight excluding hydrogens is 262 g/mol. The molecule has 1 saturated heterocycles. The predicted molar refractivity (Wildman–Crippen MR) is 70.9 cm³/mol. The van der Waals surface area contributed by atoms with Crippen LogP contribution >= 0.6 is 0 Å². The van der Waals surface area contributed by atoms with Crippen LogP contribution in [0.5, 0.6) is 0 Å². The third-order valence-corrected chi connectivity index (χ3v) is 4.10. The van der Waals surface area contributed by atoms with E-state index in [9.17, 15) is 19.5 Å². The van der Waals surface area contributed by atoms with E-state index in [1.807, 2.05) is 6.92 Å². The Labute approximate surface area is 117 Å². The van der Waals surface area contributed by atoms with Crippen molar-refractivity contribution in [2.45, 2.75) is 44.2 Å². The van der Waals surface area contributed by atoms with Crippen molar-refractivity contribution in [3.63, 3.8) is 0 Å². The van der Waals surface area contributed by atoms with E-state index in [0.29, 0.717) is 12.8 Å². The van der Waals surface area contributed by atoms with Gasteiger partial charge in [-0.1, -0.05) is 19.8 Å². The normalized spacial score (nSPS) is 34.1. The molecule has 7 nitrogen and oxygen atoms in total. The highest BCUT2D eigenvalue weighted by Gasteiger charge is 2.44. The summed E-state index contributed by atoms with van der Waals surface area (Å²) in [6.07, 6.45) is 2.69. The molecule has 20 heavy (non-hydrogen) atoms. The first-order chi connectivity index (χ1) is 9.43. The summed E-state index contributed by atoms with van der Waals surface area (Å²) < 4.78 is 0. The maximum Gasteiger partial charge on any atom is 0.329 e. The van der Waals surface area contributed by atoms with Crippen LogP contribution in [0.4, 0.5) is 0 Å². The number of hydrogen-bond donors (Lipinski definition) is 4. The molecule has 0 spiro atoms. The van der Waals surface area contributed by atoms with E-state index in [2.05, 4.69) is 16.0 Å². The fraction of sp³-hybridized carbons (Fsp3) is 0.769. The van der Waals surface area contributed by atoms with Crippen LogP contribution in [-0.2, 0) is 14.4 Å². The van der Waals surface area contributed by atoms with Gasteiger partial charge in [0.25, 0.3) is 0 Å². The summed E-state index contributed by atoms with van der Waals surface area (Å²) in [5, 5.41) is 17.6. The molecule has 0 aromatic rings. The Morgan fingerprint density at radius 3 is 2.75 bits per heavy atom. The Morgan fingerprint density at radius 1 is 1.45 bits per heavy atom. The van der Waals surface area contributed by atoms with Crippen LogP contribution in [0.2, 0.25) is 0 Å². The van der Waals surface area contributed by atoms with E-state index < -0.39 is 17.6 Å². The number of rotatable bonds is 3. The lowest BCUT2D eigenvalue weighted by Gasteiger charge is -2.38. The lowest BCUT2D eigenvalue weighted by atomic mass is 9.76. The summed E-state index contributed by atoms with van der Waals surface area (Å²) in [6, 6.07) is -0.568. The molecule has 0 aromatic heterocycles. The Kier molecular flexibility index (Phi) is 4.27. The molecule has 3 atom stereocenters. The number of carboxylic acids is 1. The second-order valence-electron chi connectivity index (χ2n) is 5.82. The van der Waals surface area contributed by atoms with Crippen molar-refractivity contribution in [2.24, 2.45) is 5.92 Å². The van der Waals surface area contributed by atoms with Gasteiger partial charge in [0.15, 0.2) is 0 Å². The van der Waals surface area contributed by atoms with Gasteiger partial charge in [-0.3, -0.25) is 14.9 Å². The molecule has 1 heterocycles. The standard InChI is InChI=1S/C13H21N3O4/c1-8-3-2-4-13(5-8,12(19)20)16-11(18)9-6-15-10(17)7-14-9/h8-9,14H,2-7H2,1H3,(H,15,17)(H,16,18)(H,19,20). The average molecular weight is 283 g/mol. The highest BCUT2D eigenvalue weighted by Crippen LogP contribution is 2.32. The largest absolute Gasteiger partial charge is 0.480 e. The van der Waals surface area contributed by atoms with E-state index >= 15 is 0 Å². The monoisotopic (exact) mass is 283 g/mol. The van der Waals surface area contributed by atoms with Crippen LogP contribution in [-0.4, -0.2) is 47.6 Å². The summed E-state index contributed by atoms with van der Waals surface area (Å²) in [6.45, 7) is 2.27.